The second-order valence-electron chi connectivity index (χ2n) is 7.66. The molecular weight excluding hydrogens is 312 g/mol. The zero-order valence-electron chi connectivity index (χ0n) is 15.4. The Morgan fingerprint density at radius 3 is 2.36 bits per heavy atom. The molecule has 2 fully saturated rings. The highest BCUT2D eigenvalue weighted by Crippen LogP contribution is 2.24. The quantitative estimate of drug-likeness (QED) is 0.891. The third-order valence-electron chi connectivity index (χ3n) is 5.56. The Morgan fingerprint density at radius 2 is 1.80 bits per heavy atom. The van der Waals surface area contributed by atoms with Gasteiger partial charge in [0.15, 0.2) is 0 Å². The van der Waals surface area contributed by atoms with Crippen molar-refractivity contribution in [3.63, 3.8) is 0 Å². The van der Waals surface area contributed by atoms with Crippen LogP contribution in [0.15, 0.2) is 18.3 Å². The molecule has 0 bridgehead atoms. The van der Waals surface area contributed by atoms with Crippen LogP contribution in [-0.4, -0.2) is 47.2 Å². The topological polar surface area (TPSA) is 61.2 Å². The molecule has 136 valence electrons. The molecule has 5 heteroatoms. The van der Waals surface area contributed by atoms with Crippen LogP contribution >= 0.6 is 0 Å². The summed E-state index contributed by atoms with van der Waals surface area (Å²) in [7, 11) is 0. The highest BCUT2D eigenvalue weighted by Gasteiger charge is 2.27. The smallest absolute Gasteiger partial charge is 0.213 e. The summed E-state index contributed by atoms with van der Waals surface area (Å²) in [5, 5.41) is 12.7. The summed E-state index contributed by atoms with van der Waals surface area (Å²) in [6.07, 6.45) is 8.85. The van der Waals surface area contributed by atoms with Gasteiger partial charge >= 0.3 is 0 Å². The molecule has 2 heterocycles. The van der Waals surface area contributed by atoms with E-state index in [1.54, 1.807) is 18.3 Å². The van der Waals surface area contributed by atoms with Gasteiger partial charge in [0.25, 0.3) is 0 Å². The lowest BCUT2D eigenvalue weighted by atomic mass is 9.91. The van der Waals surface area contributed by atoms with E-state index in [0.717, 1.165) is 12.8 Å². The first-order valence-electron chi connectivity index (χ1n) is 9.67. The molecule has 1 aliphatic heterocycles. The minimum Gasteiger partial charge on any atom is -0.474 e. The van der Waals surface area contributed by atoms with E-state index in [1.165, 1.54) is 38.8 Å². The third kappa shape index (κ3) is 5.17. The van der Waals surface area contributed by atoms with Gasteiger partial charge in [-0.05, 0) is 71.5 Å². The van der Waals surface area contributed by atoms with Crippen molar-refractivity contribution < 1.29 is 4.74 Å². The van der Waals surface area contributed by atoms with Crippen LogP contribution in [0.2, 0.25) is 0 Å². The lowest BCUT2D eigenvalue weighted by Gasteiger charge is -2.38. The molecular formula is C20H30N4O. The van der Waals surface area contributed by atoms with E-state index in [0.29, 0.717) is 29.6 Å². The van der Waals surface area contributed by atoms with Crippen LogP contribution in [0.25, 0.3) is 0 Å². The lowest BCUT2D eigenvalue weighted by Crippen LogP contribution is -2.49. The first-order chi connectivity index (χ1) is 12.1. The predicted octanol–water partition coefficient (Wildman–Crippen LogP) is 3.11. The number of pyridine rings is 1. The molecule has 5 nitrogen and oxygen atoms in total. The maximum Gasteiger partial charge on any atom is 0.213 e. The molecule has 1 saturated carbocycles. The zero-order valence-corrected chi connectivity index (χ0v) is 15.4. The van der Waals surface area contributed by atoms with E-state index in [9.17, 15) is 0 Å². The molecule has 1 aromatic rings. The van der Waals surface area contributed by atoms with E-state index in [-0.39, 0.29) is 6.10 Å². The molecule has 3 rings (SSSR count). The lowest BCUT2D eigenvalue weighted by molar-refractivity contribution is 0.118. The minimum absolute atomic E-state index is 0.251. The van der Waals surface area contributed by atoms with Crippen molar-refractivity contribution in [2.45, 2.75) is 76.6 Å². The van der Waals surface area contributed by atoms with E-state index in [1.807, 2.05) is 0 Å². The number of nitriles is 1. The number of hydrogen-bond donors (Lipinski definition) is 1. The van der Waals surface area contributed by atoms with Crippen LogP contribution in [0.3, 0.4) is 0 Å². The second kappa shape index (κ2) is 8.64. The van der Waals surface area contributed by atoms with Crippen molar-refractivity contribution in [1.29, 1.82) is 5.26 Å². The molecule has 2 aliphatic rings. The normalized spacial score (nSPS) is 25.7. The van der Waals surface area contributed by atoms with Gasteiger partial charge in [-0.2, -0.15) is 5.26 Å². The fraction of sp³-hybridized carbons (Fsp3) is 0.700. The average Bonchev–Trinajstić information content (AvgIpc) is 2.64. The molecule has 0 radical (unpaired) electrons. The summed E-state index contributed by atoms with van der Waals surface area (Å²) < 4.78 is 5.98. The number of rotatable bonds is 5. The number of aromatic nitrogens is 1. The molecule has 1 aromatic heterocycles. The second-order valence-corrected chi connectivity index (χ2v) is 7.66. The number of piperidine rings is 1. The molecule has 0 spiro atoms. The first-order valence-corrected chi connectivity index (χ1v) is 9.67. The first kappa shape index (κ1) is 18.2. The highest BCUT2D eigenvalue weighted by molar-refractivity contribution is 5.28. The predicted molar refractivity (Wildman–Crippen MR) is 98.5 cm³/mol. The van der Waals surface area contributed by atoms with Gasteiger partial charge in [-0.3, -0.25) is 0 Å². The third-order valence-corrected chi connectivity index (χ3v) is 5.56. The largest absolute Gasteiger partial charge is 0.474 e. The van der Waals surface area contributed by atoms with Gasteiger partial charge in [0.1, 0.15) is 12.2 Å². The molecule has 0 atom stereocenters. The van der Waals surface area contributed by atoms with Crippen molar-refractivity contribution in [2.75, 3.05) is 13.1 Å². The van der Waals surface area contributed by atoms with E-state index in [2.05, 4.69) is 35.1 Å². The van der Waals surface area contributed by atoms with Crippen LogP contribution < -0.4 is 10.1 Å². The zero-order chi connectivity index (χ0) is 17.6. The fourth-order valence-electron chi connectivity index (χ4n) is 3.95. The van der Waals surface area contributed by atoms with E-state index < -0.39 is 0 Å². The van der Waals surface area contributed by atoms with Gasteiger partial charge in [-0.15, -0.1) is 0 Å². The molecule has 25 heavy (non-hydrogen) atoms. The molecule has 1 N–H and O–H groups in total. The average molecular weight is 342 g/mol. The summed E-state index contributed by atoms with van der Waals surface area (Å²) in [4.78, 5) is 6.79. The number of likely N-dealkylation sites (tertiary alicyclic amines) is 1. The number of nitrogens with zero attached hydrogens (tertiary/aromatic N) is 3. The van der Waals surface area contributed by atoms with Crippen LogP contribution in [0.4, 0.5) is 0 Å². The van der Waals surface area contributed by atoms with Gasteiger partial charge in [-0.25, -0.2) is 4.98 Å². The maximum atomic E-state index is 8.81. The van der Waals surface area contributed by atoms with Gasteiger partial charge in [0, 0.05) is 30.4 Å². The monoisotopic (exact) mass is 342 g/mol. The van der Waals surface area contributed by atoms with Crippen LogP contribution in [0.5, 0.6) is 5.88 Å². The van der Waals surface area contributed by atoms with Gasteiger partial charge in [-0.1, -0.05) is 0 Å². The van der Waals surface area contributed by atoms with Gasteiger partial charge in [0.2, 0.25) is 5.88 Å². The molecule has 1 saturated heterocycles. The Morgan fingerprint density at radius 1 is 1.12 bits per heavy atom. The van der Waals surface area contributed by atoms with Crippen LogP contribution in [0, 0.1) is 11.3 Å². The summed E-state index contributed by atoms with van der Waals surface area (Å²) in [6.45, 7) is 7.02. The molecule has 0 unspecified atom stereocenters. The Hall–Kier alpha value is -1.64. The van der Waals surface area contributed by atoms with Gasteiger partial charge < -0.3 is 15.0 Å². The molecule has 0 amide bonds. The Labute approximate surface area is 151 Å². The molecule has 0 aromatic carbocycles. The Balaban J connectivity index is 1.38. The van der Waals surface area contributed by atoms with Crippen LogP contribution in [0.1, 0.15) is 57.9 Å². The summed E-state index contributed by atoms with van der Waals surface area (Å²) in [5.41, 5.74) is 0.573. The number of nitrogens with one attached hydrogen (secondary N) is 1. The Bertz CT molecular complexity index is 564. The highest BCUT2D eigenvalue weighted by atomic mass is 16.5. The summed E-state index contributed by atoms with van der Waals surface area (Å²) in [6, 6.07) is 7.62. The molecule has 1 aliphatic carbocycles. The van der Waals surface area contributed by atoms with Gasteiger partial charge in [0.05, 0.1) is 5.56 Å². The summed E-state index contributed by atoms with van der Waals surface area (Å²) in [5.74, 6) is 0.636. The fourth-order valence-corrected chi connectivity index (χ4v) is 3.95. The number of hydrogen-bond acceptors (Lipinski definition) is 5. The van der Waals surface area contributed by atoms with E-state index >= 15 is 0 Å². The Kier molecular flexibility index (Phi) is 6.28. The maximum absolute atomic E-state index is 8.81. The van der Waals surface area contributed by atoms with Crippen molar-refractivity contribution in [3.05, 3.63) is 23.9 Å². The summed E-state index contributed by atoms with van der Waals surface area (Å²) >= 11 is 0. The minimum atomic E-state index is 0.251. The van der Waals surface area contributed by atoms with Crippen molar-refractivity contribution >= 4 is 0 Å². The number of ether oxygens (including phenoxy) is 1. The van der Waals surface area contributed by atoms with E-state index in [4.69, 9.17) is 10.00 Å². The van der Waals surface area contributed by atoms with Crippen molar-refractivity contribution in [2.24, 2.45) is 0 Å². The van der Waals surface area contributed by atoms with Crippen LogP contribution in [-0.2, 0) is 0 Å². The van der Waals surface area contributed by atoms with Crippen molar-refractivity contribution in [1.82, 2.24) is 15.2 Å². The standard InChI is InChI=1S/C20H30N4O/c1-15(2)24-11-9-18(10-12-24)23-17-4-6-19(7-5-17)25-20-8-3-16(13-21)14-22-20/h3,8,14-15,17-19,23H,4-7,9-12H2,1-2H3. The SMILES string of the molecule is CC(C)N1CCC(NC2CCC(Oc3ccc(C#N)cn3)CC2)CC1. The van der Waals surface area contributed by atoms with Crippen molar-refractivity contribution in [3.8, 4) is 11.9 Å².